The Kier molecular flexibility index (Phi) is 5.93. The lowest BCUT2D eigenvalue weighted by atomic mass is 9.96. The average molecular weight is 511 g/mol. The van der Waals surface area contributed by atoms with Gasteiger partial charge in [0.05, 0.1) is 17.4 Å². The summed E-state index contributed by atoms with van der Waals surface area (Å²) in [7, 11) is 1.68. The number of para-hydroxylation sites is 1. The Hall–Kier alpha value is -4.28. The molecule has 0 bridgehead atoms. The summed E-state index contributed by atoms with van der Waals surface area (Å²) >= 11 is 0. The summed E-state index contributed by atoms with van der Waals surface area (Å²) < 4.78 is 45.8. The van der Waals surface area contributed by atoms with Gasteiger partial charge in [0.2, 0.25) is 0 Å². The molecule has 11 heteroatoms. The van der Waals surface area contributed by atoms with E-state index < -0.39 is 29.7 Å². The first-order valence-electron chi connectivity index (χ1n) is 11.7. The largest absolute Gasteiger partial charge is 0.410 e. The highest BCUT2D eigenvalue weighted by Crippen LogP contribution is 2.43. The maximum absolute atomic E-state index is 14.0. The molecule has 2 aromatic heterocycles. The Morgan fingerprint density at radius 3 is 2.41 bits per heavy atom. The van der Waals surface area contributed by atoms with Crippen LogP contribution in [-0.2, 0) is 7.05 Å². The van der Waals surface area contributed by atoms with E-state index in [1.165, 1.54) is 10.7 Å². The van der Waals surface area contributed by atoms with E-state index in [4.69, 9.17) is 0 Å². The summed E-state index contributed by atoms with van der Waals surface area (Å²) in [6.07, 6.45) is -4.85. The SMILES string of the molecule is Cc1ccc([C@H]2C[C@H](C(F)(F)F)n3nc(C(=O)Nc4c(C)n(C)n(-c5ccccc5)c4=O)cc3N2)cc1. The van der Waals surface area contributed by atoms with E-state index in [0.717, 1.165) is 10.2 Å². The van der Waals surface area contributed by atoms with Crippen molar-refractivity contribution in [1.29, 1.82) is 0 Å². The molecule has 2 N–H and O–H groups in total. The van der Waals surface area contributed by atoms with Crippen LogP contribution in [0.2, 0.25) is 0 Å². The number of amides is 1. The zero-order valence-electron chi connectivity index (χ0n) is 20.4. The van der Waals surface area contributed by atoms with Crippen molar-refractivity contribution in [2.75, 3.05) is 10.6 Å². The van der Waals surface area contributed by atoms with Gasteiger partial charge in [-0.15, -0.1) is 0 Å². The highest BCUT2D eigenvalue weighted by Gasteiger charge is 2.46. The molecule has 2 aromatic carbocycles. The van der Waals surface area contributed by atoms with Crippen LogP contribution in [0.3, 0.4) is 0 Å². The second-order valence-corrected chi connectivity index (χ2v) is 9.15. The number of nitrogens with zero attached hydrogens (tertiary/aromatic N) is 4. The Bertz CT molecular complexity index is 1520. The van der Waals surface area contributed by atoms with Gasteiger partial charge in [-0.3, -0.25) is 14.3 Å². The van der Waals surface area contributed by atoms with Crippen LogP contribution >= 0.6 is 0 Å². The summed E-state index contributed by atoms with van der Waals surface area (Å²) in [5.74, 6) is -0.696. The van der Waals surface area contributed by atoms with Crippen molar-refractivity contribution in [3.8, 4) is 5.69 Å². The predicted molar refractivity (Wildman–Crippen MR) is 133 cm³/mol. The van der Waals surface area contributed by atoms with Gasteiger partial charge in [-0.25, -0.2) is 9.36 Å². The third-order valence-electron chi connectivity index (χ3n) is 6.69. The van der Waals surface area contributed by atoms with E-state index in [1.807, 2.05) is 25.1 Å². The number of carbonyl (C=O) groups excluding carboxylic acids is 1. The van der Waals surface area contributed by atoms with Crippen molar-refractivity contribution in [3.63, 3.8) is 0 Å². The van der Waals surface area contributed by atoms with Gasteiger partial charge in [0.1, 0.15) is 11.5 Å². The lowest BCUT2D eigenvalue weighted by Crippen LogP contribution is -2.35. The van der Waals surface area contributed by atoms with E-state index in [1.54, 1.807) is 55.1 Å². The van der Waals surface area contributed by atoms with Gasteiger partial charge in [0, 0.05) is 19.5 Å². The van der Waals surface area contributed by atoms with E-state index >= 15 is 0 Å². The number of aryl methyl sites for hydroxylation is 1. The minimum absolute atomic E-state index is 0.0280. The van der Waals surface area contributed by atoms with Crippen molar-refractivity contribution >= 4 is 17.4 Å². The van der Waals surface area contributed by atoms with Crippen LogP contribution in [0.15, 0.2) is 65.5 Å². The van der Waals surface area contributed by atoms with Gasteiger partial charge in [0.25, 0.3) is 11.5 Å². The zero-order valence-corrected chi connectivity index (χ0v) is 20.4. The Labute approximate surface area is 210 Å². The van der Waals surface area contributed by atoms with E-state index in [0.29, 0.717) is 16.9 Å². The molecular formula is C26H25F3N6O2. The number of hydrogen-bond donors (Lipinski definition) is 2. The number of nitrogens with one attached hydrogen (secondary N) is 2. The standard InChI is InChI=1S/C26H25F3N6O2/c1-15-9-11-17(12-10-15)19-13-21(26(27,28)29)34-22(30-19)14-20(32-34)24(36)31-23-16(2)33(3)35(25(23)37)18-7-5-4-6-8-18/h4-12,14,19,21,30H,13H2,1-3H3,(H,31,36)/t19-,21-/m1/s1. The van der Waals surface area contributed by atoms with Crippen molar-refractivity contribution in [2.45, 2.75) is 38.5 Å². The number of aromatic nitrogens is 4. The quantitative estimate of drug-likeness (QED) is 0.409. The van der Waals surface area contributed by atoms with Crippen molar-refractivity contribution in [3.05, 3.63) is 93.5 Å². The maximum Gasteiger partial charge on any atom is 0.410 e. The molecule has 192 valence electrons. The molecule has 4 aromatic rings. The van der Waals surface area contributed by atoms with E-state index in [2.05, 4.69) is 15.7 Å². The molecule has 0 aliphatic carbocycles. The summed E-state index contributed by atoms with van der Waals surface area (Å²) in [6.45, 7) is 3.57. The summed E-state index contributed by atoms with van der Waals surface area (Å²) in [4.78, 5) is 26.2. The molecular weight excluding hydrogens is 485 g/mol. The number of halogens is 3. The molecule has 3 heterocycles. The third kappa shape index (κ3) is 4.41. The topological polar surface area (TPSA) is 85.9 Å². The molecule has 0 saturated heterocycles. The Balaban J connectivity index is 1.47. The molecule has 0 spiro atoms. The number of rotatable bonds is 4. The molecule has 0 fully saturated rings. The van der Waals surface area contributed by atoms with Crippen molar-refractivity contribution in [1.82, 2.24) is 19.1 Å². The lowest BCUT2D eigenvalue weighted by Gasteiger charge is -2.33. The minimum Gasteiger partial charge on any atom is -0.363 e. The first kappa shape index (κ1) is 24.4. The monoisotopic (exact) mass is 510 g/mol. The highest BCUT2D eigenvalue weighted by molar-refractivity contribution is 6.03. The summed E-state index contributed by atoms with van der Waals surface area (Å²) in [5.41, 5.74) is 2.13. The van der Waals surface area contributed by atoms with Crippen molar-refractivity contribution in [2.24, 2.45) is 7.05 Å². The molecule has 0 unspecified atom stereocenters. The number of anilines is 2. The van der Waals surface area contributed by atoms with Crippen LogP contribution in [0.5, 0.6) is 0 Å². The number of fused-ring (bicyclic) bond motifs is 1. The highest BCUT2D eigenvalue weighted by atomic mass is 19.4. The number of hydrogen-bond acceptors (Lipinski definition) is 4. The van der Waals surface area contributed by atoms with Crippen LogP contribution in [-0.4, -0.2) is 31.2 Å². The molecule has 8 nitrogen and oxygen atoms in total. The molecule has 1 amide bonds. The maximum atomic E-state index is 14.0. The van der Waals surface area contributed by atoms with Crippen LogP contribution in [0.1, 0.15) is 45.8 Å². The molecule has 2 atom stereocenters. The second-order valence-electron chi connectivity index (χ2n) is 9.15. The molecule has 0 saturated carbocycles. The van der Waals surface area contributed by atoms with Gasteiger partial charge < -0.3 is 10.6 Å². The van der Waals surface area contributed by atoms with Crippen LogP contribution < -0.4 is 16.2 Å². The van der Waals surface area contributed by atoms with Crippen molar-refractivity contribution < 1.29 is 18.0 Å². The Morgan fingerprint density at radius 2 is 1.76 bits per heavy atom. The smallest absolute Gasteiger partial charge is 0.363 e. The van der Waals surface area contributed by atoms with Gasteiger partial charge >= 0.3 is 6.18 Å². The fourth-order valence-corrected chi connectivity index (χ4v) is 4.59. The first-order chi connectivity index (χ1) is 17.5. The van der Waals surface area contributed by atoms with Crippen LogP contribution in [0.25, 0.3) is 5.69 Å². The Morgan fingerprint density at radius 1 is 1.08 bits per heavy atom. The summed E-state index contributed by atoms with van der Waals surface area (Å²) in [5, 5.41) is 9.63. The number of benzene rings is 2. The first-order valence-corrected chi connectivity index (χ1v) is 11.7. The van der Waals surface area contributed by atoms with Crippen LogP contribution in [0, 0.1) is 13.8 Å². The van der Waals surface area contributed by atoms with Gasteiger partial charge in [-0.05, 0) is 31.5 Å². The van der Waals surface area contributed by atoms with E-state index in [-0.39, 0.29) is 23.6 Å². The van der Waals surface area contributed by atoms with Gasteiger partial charge in [0.15, 0.2) is 11.7 Å². The second kappa shape index (κ2) is 8.99. The van der Waals surface area contributed by atoms with Gasteiger partial charge in [-0.2, -0.15) is 18.3 Å². The minimum atomic E-state index is -4.57. The molecule has 1 aliphatic rings. The fraction of sp³-hybridized carbons (Fsp3) is 0.269. The molecule has 0 radical (unpaired) electrons. The molecule has 37 heavy (non-hydrogen) atoms. The normalized spacial score (nSPS) is 17.2. The van der Waals surface area contributed by atoms with Crippen LogP contribution in [0.4, 0.5) is 24.7 Å². The lowest BCUT2D eigenvalue weighted by molar-refractivity contribution is -0.173. The third-order valence-corrected chi connectivity index (χ3v) is 6.69. The number of alkyl halides is 3. The van der Waals surface area contributed by atoms with Gasteiger partial charge in [-0.1, -0.05) is 48.0 Å². The molecule has 1 aliphatic heterocycles. The average Bonchev–Trinajstić information content (AvgIpc) is 3.38. The predicted octanol–water partition coefficient (Wildman–Crippen LogP) is 4.90. The van der Waals surface area contributed by atoms with E-state index in [9.17, 15) is 22.8 Å². The number of carbonyl (C=O) groups is 1. The molecule has 5 rings (SSSR count). The summed E-state index contributed by atoms with van der Waals surface area (Å²) in [6, 6.07) is 14.9. The fourth-order valence-electron chi connectivity index (χ4n) is 4.59. The zero-order chi connectivity index (χ0) is 26.5.